The maximum absolute atomic E-state index is 12.5. The van der Waals surface area contributed by atoms with Gasteiger partial charge >= 0.3 is 0 Å². The molecule has 0 radical (unpaired) electrons. The van der Waals surface area contributed by atoms with Crippen molar-refractivity contribution in [2.75, 3.05) is 20.8 Å². The molecule has 5 nitrogen and oxygen atoms in total. The molecule has 0 aromatic heterocycles. The summed E-state index contributed by atoms with van der Waals surface area (Å²) in [5, 5.41) is 3.10. The number of ether oxygens (including phenoxy) is 2. The first-order valence-corrected chi connectivity index (χ1v) is 7.83. The fourth-order valence-corrected chi connectivity index (χ4v) is 3.19. The lowest BCUT2D eigenvalue weighted by molar-refractivity contribution is -0.126. The quantitative estimate of drug-likeness (QED) is 0.845. The molecule has 0 spiro atoms. The molecule has 1 unspecified atom stereocenters. The second-order valence-corrected chi connectivity index (χ2v) is 5.88. The van der Waals surface area contributed by atoms with Crippen molar-refractivity contribution in [3.63, 3.8) is 0 Å². The SMILES string of the molecule is COc1ccc(C(C)NC(=O)[C@@H]2CCC[C@@H]2CN)cc1OC. The first-order chi connectivity index (χ1) is 10.6. The molecule has 1 aliphatic rings. The van der Waals surface area contributed by atoms with Gasteiger partial charge in [-0.05, 0) is 49.9 Å². The normalized spacial score (nSPS) is 22.2. The van der Waals surface area contributed by atoms with E-state index in [1.165, 1.54) is 0 Å². The molecule has 0 aliphatic heterocycles. The number of hydrogen-bond acceptors (Lipinski definition) is 4. The summed E-state index contributed by atoms with van der Waals surface area (Å²) in [6, 6.07) is 5.63. The van der Waals surface area contributed by atoms with E-state index in [9.17, 15) is 4.79 Å². The minimum atomic E-state index is -0.0775. The van der Waals surface area contributed by atoms with Crippen molar-refractivity contribution < 1.29 is 14.3 Å². The Balaban J connectivity index is 2.05. The molecule has 3 atom stereocenters. The minimum Gasteiger partial charge on any atom is -0.493 e. The highest BCUT2D eigenvalue weighted by Gasteiger charge is 2.32. The van der Waals surface area contributed by atoms with Crippen LogP contribution >= 0.6 is 0 Å². The fourth-order valence-electron chi connectivity index (χ4n) is 3.19. The molecule has 1 aromatic rings. The predicted octanol–water partition coefficient (Wildman–Crippen LogP) is 2.26. The lowest BCUT2D eigenvalue weighted by atomic mass is 9.94. The van der Waals surface area contributed by atoms with Crippen molar-refractivity contribution in [3.8, 4) is 11.5 Å². The smallest absolute Gasteiger partial charge is 0.223 e. The second kappa shape index (κ2) is 7.49. The van der Waals surface area contributed by atoms with Gasteiger partial charge in [-0.3, -0.25) is 4.79 Å². The number of carbonyl (C=O) groups excluding carboxylic acids is 1. The van der Waals surface area contributed by atoms with E-state index in [1.807, 2.05) is 25.1 Å². The van der Waals surface area contributed by atoms with Crippen molar-refractivity contribution >= 4 is 5.91 Å². The van der Waals surface area contributed by atoms with Crippen molar-refractivity contribution in [2.24, 2.45) is 17.6 Å². The van der Waals surface area contributed by atoms with E-state index >= 15 is 0 Å². The number of hydrogen-bond donors (Lipinski definition) is 2. The number of rotatable bonds is 6. The van der Waals surface area contributed by atoms with Gasteiger partial charge in [0.25, 0.3) is 0 Å². The third-order valence-electron chi connectivity index (χ3n) is 4.56. The van der Waals surface area contributed by atoms with E-state index in [-0.39, 0.29) is 17.9 Å². The first-order valence-electron chi connectivity index (χ1n) is 7.83. The molecule has 1 fully saturated rings. The van der Waals surface area contributed by atoms with Gasteiger partial charge in [0, 0.05) is 5.92 Å². The van der Waals surface area contributed by atoms with Crippen LogP contribution in [0, 0.1) is 11.8 Å². The molecule has 1 amide bonds. The zero-order valence-electron chi connectivity index (χ0n) is 13.6. The average molecular weight is 306 g/mol. The van der Waals surface area contributed by atoms with Gasteiger partial charge in [0.2, 0.25) is 5.91 Å². The van der Waals surface area contributed by atoms with E-state index in [4.69, 9.17) is 15.2 Å². The predicted molar refractivity (Wildman–Crippen MR) is 86.0 cm³/mol. The summed E-state index contributed by atoms with van der Waals surface area (Å²) in [6.07, 6.45) is 3.08. The summed E-state index contributed by atoms with van der Waals surface area (Å²) >= 11 is 0. The monoisotopic (exact) mass is 306 g/mol. The summed E-state index contributed by atoms with van der Waals surface area (Å²) < 4.78 is 10.5. The number of amides is 1. The van der Waals surface area contributed by atoms with Crippen LogP contribution in [0.2, 0.25) is 0 Å². The number of carbonyl (C=O) groups is 1. The van der Waals surface area contributed by atoms with Gasteiger partial charge in [-0.2, -0.15) is 0 Å². The Bertz CT molecular complexity index is 519. The third-order valence-corrected chi connectivity index (χ3v) is 4.56. The molecule has 0 heterocycles. The third kappa shape index (κ3) is 3.53. The van der Waals surface area contributed by atoms with Crippen LogP contribution in [0.5, 0.6) is 11.5 Å². The van der Waals surface area contributed by atoms with Crippen molar-refractivity contribution in [1.82, 2.24) is 5.32 Å². The summed E-state index contributed by atoms with van der Waals surface area (Å²) in [4.78, 5) is 12.5. The standard InChI is InChI=1S/C17H26N2O3/c1-11(12-7-8-15(21-2)16(9-12)22-3)19-17(20)14-6-4-5-13(14)10-18/h7-9,11,13-14H,4-6,10,18H2,1-3H3,(H,19,20)/t11?,13-,14-/m1/s1. The first kappa shape index (κ1) is 16.6. The van der Waals surface area contributed by atoms with Crippen LogP contribution in [-0.2, 0) is 4.79 Å². The molecule has 1 aromatic carbocycles. The van der Waals surface area contributed by atoms with Crippen LogP contribution in [-0.4, -0.2) is 26.7 Å². The van der Waals surface area contributed by atoms with Gasteiger partial charge in [0.15, 0.2) is 11.5 Å². The summed E-state index contributed by atoms with van der Waals surface area (Å²) in [5.41, 5.74) is 6.76. The Labute approximate surface area is 132 Å². The Kier molecular flexibility index (Phi) is 5.66. The van der Waals surface area contributed by atoms with Gasteiger partial charge in [0.1, 0.15) is 0 Å². The van der Waals surface area contributed by atoms with E-state index in [0.717, 1.165) is 24.8 Å². The summed E-state index contributed by atoms with van der Waals surface area (Å²) in [6.45, 7) is 2.56. The van der Waals surface area contributed by atoms with E-state index < -0.39 is 0 Å². The number of benzene rings is 1. The molecule has 1 aliphatic carbocycles. The molecule has 0 bridgehead atoms. The number of methoxy groups -OCH3 is 2. The van der Waals surface area contributed by atoms with Crippen LogP contribution in [0.1, 0.15) is 37.8 Å². The van der Waals surface area contributed by atoms with E-state index in [2.05, 4.69) is 5.32 Å². The Morgan fingerprint density at radius 2 is 2.05 bits per heavy atom. The summed E-state index contributed by atoms with van der Waals surface area (Å²) in [7, 11) is 3.21. The zero-order chi connectivity index (χ0) is 16.1. The summed E-state index contributed by atoms with van der Waals surface area (Å²) in [5.74, 6) is 1.82. The Morgan fingerprint density at radius 3 is 2.68 bits per heavy atom. The van der Waals surface area contributed by atoms with Crippen molar-refractivity contribution in [2.45, 2.75) is 32.2 Å². The number of nitrogens with two attached hydrogens (primary N) is 1. The topological polar surface area (TPSA) is 73.6 Å². The molecule has 122 valence electrons. The largest absolute Gasteiger partial charge is 0.493 e. The van der Waals surface area contributed by atoms with Gasteiger partial charge in [0.05, 0.1) is 20.3 Å². The van der Waals surface area contributed by atoms with Crippen LogP contribution in [0.3, 0.4) is 0 Å². The van der Waals surface area contributed by atoms with Gasteiger partial charge in [-0.15, -0.1) is 0 Å². The minimum absolute atomic E-state index is 0.0487. The molecule has 1 saturated carbocycles. The van der Waals surface area contributed by atoms with Gasteiger partial charge < -0.3 is 20.5 Å². The van der Waals surface area contributed by atoms with Crippen LogP contribution in [0.15, 0.2) is 18.2 Å². The molecule has 2 rings (SSSR count). The Hall–Kier alpha value is -1.75. The van der Waals surface area contributed by atoms with Gasteiger partial charge in [-0.1, -0.05) is 12.5 Å². The van der Waals surface area contributed by atoms with Crippen LogP contribution in [0.25, 0.3) is 0 Å². The second-order valence-electron chi connectivity index (χ2n) is 5.88. The van der Waals surface area contributed by atoms with E-state index in [1.54, 1.807) is 14.2 Å². The molecular formula is C17H26N2O3. The molecular weight excluding hydrogens is 280 g/mol. The maximum atomic E-state index is 12.5. The zero-order valence-corrected chi connectivity index (χ0v) is 13.6. The van der Waals surface area contributed by atoms with Crippen LogP contribution < -0.4 is 20.5 Å². The van der Waals surface area contributed by atoms with Crippen LogP contribution in [0.4, 0.5) is 0 Å². The fraction of sp³-hybridized carbons (Fsp3) is 0.588. The highest BCUT2D eigenvalue weighted by Crippen LogP contribution is 2.33. The highest BCUT2D eigenvalue weighted by molar-refractivity contribution is 5.79. The van der Waals surface area contributed by atoms with Crippen molar-refractivity contribution in [1.29, 1.82) is 0 Å². The molecule has 0 saturated heterocycles. The Morgan fingerprint density at radius 1 is 1.32 bits per heavy atom. The lowest BCUT2D eigenvalue weighted by Gasteiger charge is -2.21. The molecule has 3 N–H and O–H groups in total. The lowest BCUT2D eigenvalue weighted by Crippen LogP contribution is -2.36. The average Bonchev–Trinajstić information content (AvgIpc) is 3.02. The molecule has 5 heteroatoms. The maximum Gasteiger partial charge on any atom is 0.223 e. The van der Waals surface area contributed by atoms with Crippen molar-refractivity contribution in [3.05, 3.63) is 23.8 Å². The molecule has 22 heavy (non-hydrogen) atoms. The van der Waals surface area contributed by atoms with Gasteiger partial charge in [-0.25, -0.2) is 0 Å². The number of nitrogens with one attached hydrogen (secondary N) is 1. The highest BCUT2D eigenvalue weighted by atomic mass is 16.5. The van der Waals surface area contributed by atoms with E-state index in [0.29, 0.717) is 24.0 Å².